The highest BCUT2D eigenvalue weighted by atomic mass is 35.5. The topological polar surface area (TPSA) is 66.4 Å². The van der Waals surface area contributed by atoms with Gasteiger partial charge in [0.2, 0.25) is 10.0 Å². The fourth-order valence-corrected chi connectivity index (χ4v) is 3.50. The smallest absolute Gasteiger partial charge is 0.240 e. The Labute approximate surface area is 126 Å². The first kappa shape index (κ1) is 17.4. The molecule has 0 spiro atoms. The first-order valence-corrected chi connectivity index (χ1v) is 8.38. The van der Waals surface area contributed by atoms with E-state index in [1.54, 1.807) is 13.0 Å². The average Bonchev–Trinajstić information content (AvgIpc) is 2.39. The molecule has 0 saturated carbocycles. The first-order chi connectivity index (χ1) is 9.13. The lowest BCUT2D eigenvalue weighted by molar-refractivity contribution is 0.280. The van der Waals surface area contributed by atoms with E-state index in [2.05, 4.69) is 4.72 Å². The summed E-state index contributed by atoms with van der Waals surface area (Å²) in [5.74, 6) is 0. The van der Waals surface area contributed by atoms with E-state index >= 15 is 0 Å². The Bertz CT molecular complexity index is 582. The highest BCUT2D eigenvalue weighted by molar-refractivity contribution is 7.89. The predicted octanol–water partition coefficient (Wildman–Crippen LogP) is 2.86. The van der Waals surface area contributed by atoms with Crippen LogP contribution in [0, 0.1) is 12.3 Å². The maximum atomic E-state index is 12.4. The zero-order chi connectivity index (χ0) is 15.6. The lowest BCUT2D eigenvalue weighted by Crippen LogP contribution is -2.34. The number of rotatable bonds is 6. The maximum absolute atomic E-state index is 12.4. The van der Waals surface area contributed by atoms with Gasteiger partial charge in [-0.05, 0) is 42.0 Å². The minimum Gasteiger partial charge on any atom is -0.392 e. The second-order valence-corrected chi connectivity index (χ2v) is 7.86. The van der Waals surface area contributed by atoms with Gasteiger partial charge in [-0.3, -0.25) is 0 Å². The fourth-order valence-electron chi connectivity index (χ4n) is 1.64. The summed E-state index contributed by atoms with van der Waals surface area (Å²) in [7, 11) is -3.63. The number of nitrogens with one attached hydrogen (secondary N) is 1. The third kappa shape index (κ3) is 4.19. The van der Waals surface area contributed by atoms with E-state index in [0.29, 0.717) is 22.7 Å². The molecule has 0 fully saturated rings. The SMILES string of the molecule is CCC(C)(C)CNS(=O)(=O)c1cc(Cl)cc(CO)c1C. The van der Waals surface area contributed by atoms with E-state index in [4.69, 9.17) is 11.6 Å². The van der Waals surface area contributed by atoms with E-state index < -0.39 is 10.0 Å². The van der Waals surface area contributed by atoms with Crippen LogP contribution in [0.3, 0.4) is 0 Å². The van der Waals surface area contributed by atoms with Gasteiger partial charge in [-0.1, -0.05) is 32.4 Å². The van der Waals surface area contributed by atoms with Gasteiger partial charge < -0.3 is 5.11 Å². The molecule has 0 aliphatic rings. The van der Waals surface area contributed by atoms with E-state index in [0.717, 1.165) is 6.42 Å². The predicted molar refractivity (Wildman–Crippen MR) is 81.4 cm³/mol. The van der Waals surface area contributed by atoms with Crippen molar-refractivity contribution in [2.75, 3.05) is 6.54 Å². The molecule has 0 bridgehead atoms. The van der Waals surface area contributed by atoms with Gasteiger partial charge in [0.05, 0.1) is 11.5 Å². The van der Waals surface area contributed by atoms with Crippen LogP contribution in [0.1, 0.15) is 38.3 Å². The zero-order valence-electron chi connectivity index (χ0n) is 12.3. The molecular formula is C14H22ClNO3S. The second kappa shape index (κ2) is 6.43. The first-order valence-electron chi connectivity index (χ1n) is 6.52. The molecule has 4 nitrogen and oxygen atoms in total. The molecule has 0 saturated heterocycles. The minimum absolute atomic E-state index is 0.112. The molecule has 0 aliphatic heterocycles. The van der Waals surface area contributed by atoms with Crippen LogP contribution in [0.5, 0.6) is 0 Å². The number of aliphatic hydroxyl groups excluding tert-OH is 1. The normalized spacial score (nSPS) is 12.7. The van der Waals surface area contributed by atoms with Gasteiger partial charge in [0.15, 0.2) is 0 Å². The van der Waals surface area contributed by atoms with Crippen molar-refractivity contribution >= 4 is 21.6 Å². The fraction of sp³-hybridized carbons (Fsp3) is 0.571. The lowest BCUT2D eigenvalue weighted by Gasteiger charge is -2.23. The van der Waals surface area contributed by atoms with Crippen LogP contribution in [0.4, 0.5) is 0 Å². The number of sulfonamides is 1. The minimum atomic E-state index is -3.63. The number of hydrogen-bond donors (Lipinski definition) is 2. The summed E-state index contributed by atoms with van der Waals surface area (Å²) in [5, 5.41) is 9.56. The van der Waals surface area contributed by atoms with Gasteiger partial charge in [0.1, 0.15) is 0 Å². The molecule has 0 radical (unpaired) electrons. The van der Waals surface area contributed by atoms with Crippen LogP contribution in [-0.4, -0.2) is 20.1 Å². The summed E-state index contributed by atoms with van der Waals surface area (Å²) in [6.45, 7) is 7.80. The van der Waals surface area contributed by atoms with Gasteiger partial charge in [0.25, 0.3) is 0 Å². The standard InChI is InChI=1S/C14H22ClNO3S/c1-5-14(3,4)9-16-20(18,19)13-7-12(15)6-11(8-17)10(13)2/h6-7,16-17H,5,8-9H2,1-4H3. The van der Waals surface area contributed by atoms with Crippen LogP contribution in [0.15, 0.2) is 17.0 Å². The Morgan fingerprint density at radius 2 is 1.95 bits per heavy atom. The summed E-state index contributed by atoms with van der Waals surface area (Å²) >= 11 is 5.92. The van der Waals surface area contributed by atoms with Gasteiger partial charge in [0, 0.05) is 11.6 Å². The highest BCUT2D eigenvalue weighted by Crippen LogP contribution is 2.25. The van der Waals surface area contributed by atoms with Crippen LogP contribution >= 0.6 is 11.6 Å². The summed E-state index contributed by atoms with van der Waals surface area (Å²) in [5.41, 5.74) is 0.936. The van der Waals surface area contributed by atoms with Crippen molar-refractivity contribution < 1.29 is 13.5 Å². The molecule has 0 aliphatic carbocycles. The Kier molecular flexibility index (Phi) is 5.61. The van der Waals surface area contributed by atoms with Crippen molar-refractivity contribution in [3.63, 3.8) is 0 Å². The molecular weight excluding hydrogens is 298 g/mol. The Hall–Kier alpha value is -0.620. The Morgan fingerprint density at radius 1 is 1.35 bits per heavy atom. The van der Waals surface area contributed by atoms with Gasteiger partial charge in [-0.15, -0.1) is 0 Å². The van der Waals surface area contributed by atoms with Crippen molar-refractivity contribution in [2.24, 2.45) is 5.41 Å². The maximum Gasteiger partial charge on any atom is 0.240 e. The number of benzene rings is 1. The molecule has 0 atom stereocenters. The van der Waals surface area contributed by atoms with Gasteiger partial charge in [-0.25, -0.2) is 13.1 Å². The van der Waals surface area contributed by atoms with E-state index in [1.807, 2.05) is 20.8 Å². The molecule has 1 aromatic carbocycles. The Morgan fingerprint density at radius 3 is 2.45 bits per heavy atom. The monoisotopic (exact) mass is 319 g/mol. The lowest BCUT2D eigenvalue weighted by atomic mass is 9.91. The molecule has 0 heterocycles. The molecule has 0 aromatic heterocycles. The summed E-state index contributed by atoms with van der Waals surface area (Å²) in [4.78, 5) is 0.126. The molecule has 114 valence electrons. The third-order valence-electron chi connectivity index (χ3n) is 3.59. The van der Waals surface area contributed by atoms with E-state index in [1.165, 1.54) is 6.07 Å². The second-order valence-electron chi connectivity index (χ2n) is 5.69. The highest BCUT2D eigenvalue weighted by Gasteiger charge is 2.23. The van der Waals surface area contributed by atoms with Crippen molar-refractivity contribution in [2.45, 2.75) is 45.6 Å². The number of aliphatic hydroxyl groups is 1. The van der Waals surface area contributed by atoms with Gasteiger partial charge in [-0.2, -0.15) is 0 Å². The van der Waals surface area contributed by atoms with Crippen LogP contribution in [0.2, 0.25) is 5.02 Å². The number of hydrogen-bond acceptors (Lipinski definition) is 3. The van der Waals surface area contributed by atoms with Crippen LogP contribution < -0.4 is 4.72 Å². The zero-order valence-corrected chi connectivity index (χ0v) is 13.9. The quantitative estimate of drug-likeness (QED) is 0.847. The number of halogens is 1. The summed E-state index contributed by atoms with van der Waals surface area (Å²) < 4.78 is 27.4. The molecule has 2 N–H and O–H groups in total. The van der Waals surface area contributed by atoms with Crippen LogP contribution in [-0.2, 0) is 16.6 Å². The molecule has 6 heteroatoms. The van der Waals surface area contributed by atoms with Crippen molar-refractivity contribution in [1.82, 2.24) is 4.72 Å². The summed E-state index contributed by atoms with van der Waals surface area (Å²) in [6.07, 6.45) is 0.867. The largest absolute Gasteiger partial charge is 0.392 e. The molecule has 1 aromatic rings. The van der Waals surface area contributed by atoms with Crippen molar-refractivity contribution in [1.29, 1.82) is 0 Å². The van der Waals surface area contributed by atoms with E-state index in [-0.39, 0.29) is 16.9 Å². The average molecular weight is 320 g/mol. The van der Waals surface area contributed by atoms with Crippen LogP contribution in [0.25, 0.3) is 0 Å². The molecule has 1 rings (SSSR count). The van der Waals surface area contributed by atoms with Crippen molar-refractivity contribution in [3.05, 3.63) is 28.3 Å². The van der Waals surface area contributed by atoms with Gasteiger partial charge >= 0.3 is 0 Å². The van der Waals surface area contributed by atoms with E-state index in [9.17, 15) is 13.5 Å². The summed E-state index contributed by atoms with van der Waals surface area (Å²) in [6, 6.07) is 2.99. The Balaban J connectivity index is 3.13. The molecule has 0 amide bonds. The molecule has 0 unspecified atom stereocenters. The van der Waals surface area contributed by atoms with Crippen molar-refractivity contribution in [3.8, 4) is 0 Å². The molecule has 20 heavy (non-hydrogen) atoms. The third-order valence-corrected chi connectivity index (χ3v) is 5.34.